The van der Waals surface area contributed by atoms with Crippen LogP contribution in [-0.4, -0.2) is 34.0 Å². The smallest absolute Gasteiger partial charge is 0.261 e. The summed E-state index contributed by atoms with van der Waals surface area (Å²) in [6, 6.07) is 14.7. The van der Waals surface area contributed by atoms with Crippen LogP contribution in [0.15, 0.2) is 59.5 Å². The van der Waals surface area contributed by atoms with Crippen molar-refractivity contribution in [3.63, 3.8) is 0 Å². The molecule has 1 heterocycles. The van der Waals surface area contributed by atoms with Crippen LogP contribution in [0.3, 0.4) is 0 Å². The maximum Gasteiger partial charge on any atom is 0.261 e. The molecule has 1 fully saturated rings. The Morgan fingerprint density at radius 1 is 1.11 bits per heavy atom. The molecule has 0 saturated carbocycles. The fourth-order valence-corrected chi connectivity index (χ4v) is 4.27. The molecule has 0 aliphatic carbocycles. The Morgan fingerprint density at radius 2 is 1.89 bits per heavy atom. The van der Waals surface area contributed by atoms with Gasteiger partial charge in [-0.15, -0.1) is 12.4 Å². The zero-order chi connectivity index (χ0) is 19.1. The predicted molar refractivity (Wildman–Crippen MR) is 113 cm³/mol. The van der Waals surface area contributed by atoms with Crippen LogP contribution in [0.1, 0.15) is 29.6 Å². The van der Waals surface area contributed by atoms with E-state index >= 15 is 0 Å². The van der Waals surface area contributed by atoms with Crippen molar-refractivity contribution in [3.05, 3.63) is 60.2 Å². The molecule has 3 rings (SSSR count). The molecule has 152 valence electrons. The summed E-state index contributed by atoms with van der Waals surface area (Å²) < 4.78 is 27.3. The van der Waals surface area contributed by atoms with Crippen molar-refractivity contribution < 1.29 is 13.2 Å². The lowest BCUT2D eigenvalue weighted by molar-refractivity contribution is 0.0950. The van der Waals surface area contributed by atoms with Crippen LogP contribution in [-0.2, 0) is 10.0 Å². The monoisotopic (exact) mass is 423 g/mol. The van der Waals surface area contributed by atoms with E-state index in [4.69, 9.17) is 0 Å². The van der Waals surface area contributed by atoms with Gasteiger partial charge in [0.25, 0.3) is 15.9 Å². The number of nitrogens with one attached hydrogen (secondary N) is 3. The van der Waals surface area contributed by atoms with Crippen LogP contribution in [0.2, 0.25) is 0 Å². The van der Waals surface area contributed by atoms with Crippen molar-refractivity contribution in [2.75, 3.05) is 24.4 Å². The number of piperidine rings is 1. The second-order valence-electron chi connectivity index (χ2n) is 6.76. The molecule has 1 saturated heterocycles. The lowest BCUT2D eigenvalue weighted by Gasteiger charge is -2.22. The molecule has 0 bridgehead atoms. The molecule has 1 aliphatic rings. The van der Waals surface area contributed by atoms with Gasteiger partial charge in [-0.25, -0.2) is 8.42 Å². The molecular formula is C20H26ClN3O3S. The second kappa shape index (κ2) is 10.5. The highest BCUT2D eigenvalue weighted by Gasteiger charge is 2.15. The van der Waals surface area contributed by atoms with Gasteiger partial charge in [0.05, 0.1) is 4.90 Å². The van der Waals surface area contributed by atoms with E-state index in [1.54, 1.807) is 42.5 Å². The van der Waals surface area contributed by atoms with Gasteiger partial charge in [0.1, 0.15) is 0 Å². The molecule has 6 nitrogen and oxygen atoms in total. The highest BCUT2D eigenvalue weighted by molar-refractivity contribution is 7.92. The number of halogens is 1. The Kier molecular flexibility index (Phi) is 8.29. The molecule has 0 radical (unpaired) electrons. The van der Waals surface area contributed by atoms with E-state index in [2.05, 4.69) is 15.4 Å². The van der Waals surface area contributed by atoms with Gasteiger partial charge < -0.3 is 10.6 Å². The van der Waals surface area contributed by atoms with E-state index in [1.165, 1.54) is 25.0 Å². The fraction of sp³-hybridized carbons (Fsp3) is 0.350. The van der Waals surface area contributed by atoms with Crippen molar-refractivity contribution in [2.24, 2.45) is 5.92 Å². The third-order valence-corrected chi connectivity index (χ3v) is 6.06. The van der Waals surface area contributed by atoms with Gasteiger partial charge in [-0.3, -0.25) is 9.52 Å². The predicted octanol–water partition coefficient (Wildman–Crippen LogP) is 3.03. The minimum Gasteiger partial charge on any atom is -0.352 e. The molecule has 1 unspecified atom stereocenters. The minimum atomic E-state index is -3.68. The minimum absolute atomic E-state index is 0. The van der Waals surface area contributed by atoms with Gasteiger partial charge in [-0.1, -0.05) is 24.3 Å². The molecule has 1 aliphatic heterocycles. The molecular weight excluding hydrogens is 398 g/mol. The van der Waals surface area contributed by atoms with E-state index in [9.17, 15) is 13.2 Å². The average molecular weight is 424 g/mol. The molecule has 2 aromatic carbocycles. The van der Waals surface area contributed by atoms with Crippen LogP contribution in [0, 0.1) is 5.92 Å². The standard InChI is InChI=1S/C20H25N3O3S.ClH/c24-20(22-13-11-16-6-5-12-21-15-16)17-7-4-8-18(14-17)23-27(25,26)19-9-2-1-3-10-19;/h1-4,7-10,14,16,21,23H,5-6,11-13,15H2,(H,22,24);1H. The Labute approximate surface area is 172 Å². The summed E-state index contributed by atoms with van der Waals surface area (Å²) in [5.41, 5.74) is 0.799. The summed E-state index contributed by atoms with van der Waals surface area (Å²) in [5.74, 6) is 0.405. The van der Waals surface area contributed by atoms with E-state index in [1.807, 2.05) is 0 Å². The van der Waals surface area contributed by atoms with Gasteiger partial charge in [0, 0.05) is 17.8 Å². The molecule has 3 N–H and O–H groups in total. The second-order valence-corrected chi connectivity index (χ2v) is 8.44. The van der Waals surface area contributed by atoms with E-state index in [-0.39, 0.29) is 23.2 Å². The first-order chi connectivity index (χ1) is 13.0. The molecule has 1 amide bonds. The number of benzene rings is 2. The number of anilines is 1. The van der Waals surface area contributed by atoms with Crippen molar-refractivity contribution in [1.29, 1.82) is 0 Å². The Morgan fingerprint density at radius 3 is 2.61 bits per heavy atom. The van der Waals surface area contributed by atoms with Gasteiger partial charge >= 0.3 is 0 Å². The van der Waals surface area contributed by atoms with Crippen molar-refractivity contribution >= 4 is 34.0 Å². The number of sulfonamides is 1. The third-order valence-electron chi connectivity index (χ3n) is 4.67. The summed E-state index contributed by atoms with van der Waals surface area (Å²) in [7, 11) is -3.68. The van der Waals surface area contributed by atoms with Crippen LogP contribution >= 0.6 is 12.4 Å². The first-order valence-electron chi connectivity index (χ1n) is 9.21. The molecule has 0 aromatic heterocycles. The third kappa shape index (κ3) is 6.22. The highest BCUT2D eigenvalue weighted by atomic mass is 35.5. The number of carbonyl (C=O) groups excluding carboxylic acids is 1. The maximum atomic E-state index is 12.4. The first kappa shape index (κ1) is 22.2. The van der Waals surface area contributed by atoms with Gasteiger partial charge in [-0.05, 0) is 68.6 Å². The van der Waals surface area contributed by atoms with Crippen LogP contribution < -0.4 is 15.4 Å². The zero-order valence-corrected chi connectivity index (χ0v) is 17.2. The largest absolute Gasteiger partial charge is 0.352 e. The highest BCUT2D eigenvalue weighted by Crippen LogP contribution is 2.17. The van der Waals surface area contributed by atoms with Gasteiger partial charge in [-0.2, -0.15) is 0 Å². The molecule has 0 spiro atoms. The Bertz CT molecular complexity index is 869. The van der Waals surface area contributed by atoms with E-state index < -0.39 is 10.0 Å². The van der Waals surface area contributed by atoms with Crippen LogP contribution in [0.25, 0.3) is 0 Å². The Balaban J connectivity index is 0.00000280. The fourth-order valence-electron chi connectivity index (χ4n) is 3.20. The lowest BCUT2D eigenvalue weighted by Crippen LogP contribution is -2.33. The quantitative estimate of drug-likeness (QED) is 0.638. The van der Waals surface area contributed by atoms with Gasteiger partial charge in [0.2, 0.25) is 0 Å². The van der Waals surface area contributed by atoms with Crippen molar-refractivity contribution in [1.82, 2.24) is 10.6 Å². The van der Waals surface area contributed by atoms with Gasteiger partial charge in [0.15, 0.2) is 0 Å². The summed E-state index contributed by atoms with van der Waals surface area (Å²) in [6.07, 6.45) is 3.32. The number of hydrogen-bond acceptors (Lipinski definition) is 4. The summed E-state index contributed by atoms with van der Waals surface area (Å²) in [5, 5.41) is 6.29. The summed E-state index contributed by atoms with van der Waals surface area (Å²) >= 11 is 0. The molecule has 28 heavy (non-hydrogen) atoms. The first-order valence-corrected chi connectivity index (χ1v) is 10.7. The van der Waals surface area contributed by atoms with Crippen LogP contribution in [0.4, 0.5) is 5.69 Å². The maximum absolute atomic E-state index is 12.4. The number of carbonyl (C=O) groups is 1. The van der Waals surface area contributed by atoms with E-state index in [0.717, 1.165) is 19.5 Å². The molecule has 8 heteroatoms. The normalized spacial score (nSPS) is 16.6. The average Bonchev–Trinajstić information content (AvgIpc) is 2.69. The zero-order valence-electron chi connectivity index (χ0n) is 15.6. The van der Waals surface area contributed by atoms with E-state index in [0.29, 0.717) is 23.7 Å². The number of rotatable bonds is 7. The van der Waals surface area contributed by atoms with Crippen molar-refractivity contribution in [3.8, 4) is 0 Å². The molecule has 2 aromatic rings. The molecule has 1 atom stereocenters. The van der Waals surface area contributed by atoms with Crippen LogP contribution in [0.5, 0.6) is 0 Å². The summed E-state index contributed by atoms with van der Waals surface area (Å²) in [4.78, 5) is 12.6. The summed E-state index contributed by atoms with van der Waals surface area (Å²) in [6.45, 7) is 2.70. The topological polar surface area (TPSA) is 87.3 Å². The number of hydrogen-bond donors (Lipinski definition) is 3. The number of amides is 1. The van der Waals surface area contributed by atoms with Crippen molar-refractivity contribution in [2.45, 2.75) is 24.2 Å². The Hall–Kier alpha value is -2.09. The lowest BCUT2D eigenvalue weighted by atomic mass is 9.96. The SMILES string of the molecule is Cl.O=C(NCCC1CCCNC1)c1cccc(NS(=O)(=O)c2ccccc2)c1.